The fraction of sp³-hybridized carbons (Fsp3) is 0.909. The maximum absolute atomic E-state index is 8.82. The van der Waals surface area contributed by atoms with Gasteiger partial charge in [0.05, 0.1) is 31.2 Å². The Morgan fingerprint density at radius 1 is 1.43 bits per heavy atom. The van der Waals surface area contributed by atoms with Gasteiger partial charge in [-0.3, -0.25) is 4.90 Å². The topological polar surface area (TPSA) is 36.3 Å². The Morgan fingerprint density at radius 2 is 2.07 bits per heavy atom. The zero-order valence-corrected chi connectivity index (χ0v) is 8.83. The van der Waals surface area contributed by atoms with Gasteiger partial charge in [0, 0.05) is 0 Å². The number of hydrogen-bond donors (Lipinski definition) is 0. The van der Waals surface area contributed by atoms with Gasteiger partial charge in [0.2, 0.25) is 0 Å². The fourth-order valence-electron chi connectivity index (χ4n) is 2.36. The molecule has 0 unspecified atom stereocenters. The molecule has 0 bridgehead atoms. The van der Waals surface area contributed by atoms with E-state index in [2.05, 4.69) is 17.9 Å². The Labute approximate surface area is 85.6 Å². The Balaban J connectivity index is 1.96. The third kappa shape index (κ3) is 1.65. The van der Waals surface area contributed by atoms with Crippen LogP contribution < -0.4 is 0 Å². The first-order valence-electron chi connectivity index (χ1n) is 5.47. The Kier molecular flexibility index (Phi) is 2.76. The van der Waals surface area contributed by atoms with Gasteiger partial charge in [-0.05, 0) is 31.8 Å². The second-order valence-corrected chi connectivity index (χ2v) is 4.72. The maximum Gasteiger partial charge on any atom is 0.0809 e. The molecule has 0 saturated carbocycles. The summed E-state index contributed by atoms with van der Waals surface area (Å²) in [6, 6.07) is 2.30. The smallest absolute Gasteiger partial charge is 0.0809 e. The van der Waals surface area contributed by atoms with E-state index >= 15 is 0 Å². The monoisotopic (exact) mass is 194 g/mol. The van der Waals surface area contributed by atoms with Crippen LogP contribution in [0.15, 0.2) is 0 Å². The summed E-state index contributed by atoms with van der Waals surface area (Å²) in [7, 11) is 0. The van der Waals surface area contributed by atoms with Gasteiger partial charge >= 0.3 is 0 Å². The number of nitrogens with zero attached hydrogens (tertiary/aromatic N) is 2. The summed E-state index contributed by atoms with van der Waals surface area (Å²) >= 11 is 0. The molecule has 0 aromatic carbocycles. The van der Waals surface area contributed by atoms with E-state index in [9.17, 15) is 0 Å². The van der Waals surface area contributed by atoms with Crippen LogP contribution in [0, 0.1) is 17.2 Å². The number of ether oxygens (including phenoxy) is 1. The Bertz CT molecular complexity index is 234. The van der Waals surface area contributed by atoms with Crippen molar-refractivity contribution in [1.29, 1.82) is 5.26 Å². The summed E-state index contributed by atoms with van der Waals surface area (Å²) < 4.78 is 5.28. The van der Waals surface area contributed by atoms with E-state index in [1.165, 1.54) is 12.8 Å². The van der Waals surface area contributed by atoms with Crippen molar-refractivity contribution in [1.82, 2.24) is 4.90 Å². The summed E-state index contributed by atoms with van der Waals surface area (Å²) in [6.45, 7) is 6.12. The highest BCUT2D eigenvalue weighted by atomic mass is 16.5. The molecule has 0 radical (unpaired) electrons. The molecular formula is C11H18N2O. The van der Waals surface area contributed by atoms with Crippen LogP contribution in [0.4, 0.5) is 0 Å². The molecule has 2 rings (SSSR count). The van der Waals surface area contributed by atoms with Crippen LogP contribution in [0.2, 0.25) is 0 Å². The summed E-state index contributed by atoms with van der Waals surface area (Å²) in [6.07, 6.45) is 3.17. The molecule has 2 aliphatic rings. The zero-order chi connectivity index (χ0) is 10.0. The molecule has 0 atom stereocenters. The van der Waals surface area contributed by atoms with E-state index in [1.54, 1.807) is 0 Å². The van der Waals surface area contributed by atoms with E-state index in [0.717, 1.165) is 32.2 Å². The van der Waals surface area contributed by atoms with Gasteiger partial charge in [-0.25, -0.2) is 0 Å². The van der Waals surface area contributed by atoms with Gasteiger partial charge in [0.15, 0.2) is 0 Å². The van der Waals surface area contributed by atoms with Gasteiger partial charge in [0.25, 0.3) is 0 Å². The predicted molar refractivity (Wildman–Crippen MR) is 53.8 cm³/mol. The molecule has 0 N–H and O–H groups in total. The summed E-state index contributed by atoms with van der Waals surface area (Å²) in [5, 5.41) is 8.82. The molecule has 3 heteroatoms. The molecule has 2 aliphatic heterocycles. The van der Waals surface area contributed by atoms with Gasteiger partial charge < -0.3 is 4.74 Å². The third-order valence-corrected chi connectivity index (χ3v) is 3.60. The first kappa shape index (κ1) is 9.95. The van der Waals surface area contributed by atoms with Crippen molar-refractivity contribution < 1.29 is 4.74 Å². The quantitative estimate of drug-likeness (QED) is 0.666. The van der Waals surface area contributed by atoms with Crippen LogP contribution in [0.1, 0.15) is 26.2 Å². The van der Waals surface area contributed by atoms with Crippen LogP contribution in [0.3, 0.4) is 0 Å². The Hall–Kier alpha value is -0.590. The van der Waals surface area contributed by atoms with Crippen molar-refractivity contribution in [3.05, 3.63) is 0 Å². The van der Waals surface area contributed by atoms with Crippen molar-refractivity contribution >= 4 is 0 Å². The van der Waals surface area contributed by atoms with Crippen LogP contribution in [0.25, 0.3) is 0 Å². The van der Waals surface area contributed by atoms with Gasteiger partial charge in [-0.2, -0.15) is 5.26 Å². The van der Waals surface area contributed by atoms with Crippen molar-refractivity contribution in [2.45, 2.75) is 31.7 Å². The van der Waals surface area contributed by atoms with E-state index in [-0.39, 0.29) is 5.54 Å². The summed E-state index contributed by atoms with van der Waals surface area (Å²) in [5.74, 6) is 0.853. The lowest BCUT2D eigenvalue weighted by Crippen LogP contribution is -2.63. The molecule has 14 heavy (non-hydrogen) atoms. The van der Waals surface area contributed by atoms with Crippen molar-refractivity contribution in [2.24, 2.45) is 5.92 Å². The highest BCUT2D eigenvalue weighted by Gasteiger charge is 2.44. The Morgan fingerprint density at radius 3 is 2.50 bits per heavy atom. The first-order valence-corrected chi connectivity index (χ1v) is 5.47. The summed E-state index contributed by atoms with van der Waals surface area (Å²) in [5.41, 5.74) is 0.0783. The van der Waals surface area contributed by atoms with E-state index in [4.69, 9.17) is 10.00 Å². The number of likely N-dealkylation sites (tertiary alicyclic amines) is 1. The van der Waals surface area contributed by atoms with Crippen LogP contribution >= 0.6 is 0 Å². The predicted octanol–water partition coefficient (Wildman–Crippen LogP) is 1.40. The van der Waals surface area contributed by atoms with Crippen LogP contribution in [-0.4, -0.2) is 36.7 Å². The minimum absolute atomic E-state index is 0.0783. The normalized spacial score (nSPS) is 28.0. The van der Waals surface area contributed by atoms with Gasteiger partial charge in [0.1, 0.15) is 0 Å². The van der Waals surface area contributed by atoms with Crippen LogP contribution in [0.5, 0.6) is 0 Å². The zero-order valence-electron chi connectivity index (χ0n) is 8.83. The molecule has 0 aromatic rings. The van der Waals surface area contributed by atoms with Gasteiger partial charge in [-0.15, -0.1) is 0 Å². The van der Waals surface area contributed by atoms with E-state index in [1.807, 2.05) is 0 Å². The molecule has 0 amide bonds. The molecule has 0 aliphatic carbocycles. The average molecular weight is 194 g/mol. The average Bonchev–Trinajstić information content (AvgIpc) is 2.13. The number of rotatable bonds is 2. The second-order valence-electron chi connectivity index (χ2n) is 4.72. The van der Waals surface area contributed by atoms with Gasteiger partial charge in [-0.1, -0.05) is 6.92 Å². The molecule has 3 nitrogen and oxygen atoms in total. The lowest BCUT2D eigenvalue weighted by Gasteiger charge is -2.50. The second kappa shape index (κ2) is 3.88. The van der Waals surface area contributed by atoms with E-state index < -0.39 is 0 Å². The lowest BCUT2D eigenvalue weighted by atomic mass is 9.87. The maximum atomic E-state index is 8.82. The molecule has 0 spiro atoms. The molecule has 2 fully saturated rings. The minimum Gasteiger partial charge on any atom is -0.377 e. The number of hydrogen-bond acceptors (Lipinski definition) is 3. The standard InChI is InChI=1S/C11H18N2O/c1-10-2-6-13(7-3-10)11(4-5-12)8-14-9-11/h10H,2-4,6-9H2,1H3. The third-order valence-electron chi connectivity index (χ3n) is 3.60. The SMILES string of the molecule is CC1CCN(C2(CC#N)COC2)CC1. The molecule has 78 valence electrons. The first-order chi connectivity index (χ1) is 6.77. The van der Waals surface area contributed by atoms with Crippen molar-refractivity contribution in [3.8, 4) is 6.07 Å². The molecule has 0 aromatic heterocycles. The molecule has 2 heterocycles. The number of piperidine rings is 1. The number of nitriles is 1. The highest BCUT2D eigenvalue weighted by Crippen LogP contribution is 2.32. The van der Waals surface area contributed by atoms with Crippen molar-refractivity contribution in [2.75, 3.05) is 26.3 Å². The largest absolute Gasteiger partial charge is 0.377 e. The lowest BCUT2D eigenvalue weighted by molar-refractivity contribution is -0.145. The van der Waals surface area contributed by atoms with Crippen LogP contribution in [-0.2, 0) is 4.74 Å². The highest BCUT2D eigenvalue weighted by molar-refractivity contribution is 5.03. The van der Waals surface area contributed by atoms with E-state index in [0.29, 0.717) is 6.42 Å². The van der Waals surface area contributed by atoms with Crippen molar-refractivity contribution in [3.63, 3.8) is 0 Å². The summed E-state index contributed by atoms with van der Waals surface area (Å²) in [4.78, 5) is 2.47. The fourth-order valence-corrected chi connectivity index (χ4v) is 2.36. The minimum atomic E-state index is 0.0783. The molecular weight excluding hydrogens is 176 g/mol. The molecule has 2 saturated heterocycles.